The first-order chi connectivity index (χ1) is 12.4. The number of carbonyl (C=O) groups is 1. The maximum atomic E-state index is 12.8. The highest BCUT2D eigenvalue weighted by Crippen LogP contribution is 2.41. The molecule has 1 aromatic heterocycles. The van der Waals surface area contributed by atoms with E-state index < -0.39 is 5.60 Å². The van der Waals surface area contributed by atoms with Gasteiger partial charge in [-0.1, -0.05) is 18.2 Å². The van der Waals surface area contributed by atoms with Crippen LogP contribution in [0.3, 0.4) is 0 Å². The number of hydrogen-bond donors (Lipinski definition) is 1. The summed E-state index contributed by atoms with van der Waals surface area (Å²) in [5, 5.41) is 4.00. The van der Waals surface area contributed by atoms with E-state index in [2.05, 4.69) is 5.32 Å². The molecule has 4 rings (SSSR count). The van der Waals surface area contributed by atoms with Gasteiger partial charge in [0.05, 0.1) is 13.2 Å². The van der Waals surface area contributed by atoms with Gasteiger partial charge in [-0.3, -0.25) is 4.79 Å². The predicted octanol–water partition coefficient (Wildman–Crippen LogP) is 4.47. The van der Waals surface area contributed by atoms with Gasteiger partial charge in [0.2, 0.25) is 0 Å². The van der Waals surface area contributed by atoms with Crippen molar-refractivity contribution in [2.75, 3.05) is 7.11 Å². The van der Waals surface area contributed by atoms with Crippen LogP contribution in [0.15, 0.2) is 52.9 Å². The third-order valence-electron chi connectivity index (χ3n) is 4.63. The molecular weight excluding hydrogens is 330 g/mol. The molecule has 5 heteroatoms. The van der Waals surface area contributed by atoms with Crippen LogP contribution in [-0.2, 0) is 0 Å². The highest BCUT2D eigenvalue weighted by atomic mass is 16.5. The van der Waals surface area contributed by atoms with E-state index in [-0.39, 0.29) is 11.9 Å². The summed E-state index contributed by atoms with van der Waals surface area (Å²) in [6, 6.07) is 14.9. The number of hydrogen-bond acceptors (Lipinski definition) is 4. The standard InChI is InChI=1S/C21H21NO4/c1-21(2)12-16(15-9-8-14(24-3)11-18(15)26-21)22-20(23)19-10-13-6-4-5-7-17(13)25-19/h4-11,16H,12H2,1-3H3,(H,22,23)/t16-/m1/s1. The first kappa shape index (κ1) is 16.5. The third-order valence-corrected chi connectivity index (χ3v) is 4.63. The van der Waals surface area contributed by atoms with Crippen LogP contribution in [0.2, 0.25) is 0 Å². The van der Waals surface area contributed by atoms with Crippen molar-refractivity contribution >= 4 is 16.9 Å². The number of ether oxygens (including phenoxy) is 2. The van der Waals surface area contributed by atoms with Crippen LogP contribution in [-0.4, -0.2) is 18.6 Å². The Labute approximate surface area is 151 Å². The van der Waals surface area contributed by atoms with Gasteiger partial charge in [0, 0.05) is 23.4 Å². The fourth-order valence-electron chi connectivity index (χ4n) is 3.41. The van der Waals surface area contributed by atoms with Gasteiger partial charge in [-0.05, 0) is 38.1 Å². The van der Waals surface area contributed by atoms with E-state index in [1.54, 1.807) is 13.2 Å². The molecule has 0 aliphatic carbocycles. The summed E-state index contributed by atoms with van der Waals surface area (Å²) in [5.74, 6) is 1.54. The second-order valence-corrected chi connectivity index (χ2v) is 7.14. The molecule has 26 heavy (non-hydrogen) atoms. The van der Waals surface area contributed by atoms with Gasteiger partial charge in [-0.15, -0.1) is 0 Å². The van der Waals surface area contributed by atoms with Crippen molar-refractivity contribution in [3.8, 4) is 11.5 Å². The maximum absolute atomic E-state index is 12.8. The minimum atomic E-state index is -0.398. The SMILES string of the molecule is COc1ccc2c(c1)OC(C)(C)C[C@H]2NC(=O)c1cc2ccccc2o1. The molecule has 0 fully saturated rings. The summed E-state index contributed by atoms with van der Waals surface area (Å²) in [4.78, 5) is 12.8. The number of nitrogens with one attached hydrogen (secondary N) is 1. The van der Waals surface area contributed by atoms with Crippen LogP contribution in [0.25, 0.3) is 11.0 Å². The van der Waals surface area contributed by atoms with Crippen molar-refractivity contribution < 1.29 is 18.7 Å². The van der Waals surface area contributed by atoms with E-state index >= 15 is 0 Å². The second-order valence-electron chi connectivity index (χ2n) is 7.14. The third kappa shape index (κ3) is 3.01. The van der Waals surface area contributed by atoms with Crippen LogP contribution in [0.5, 0.6) is 11.5 Å². The molecule has 5 nitrogen and oxygen atoms in total. The first-order valence-corrected chi connectivity index (χ1v) is 8.61. The van der Waals surface area contributed by atoms with Crippen molar-refractivity contribution in [3.63, 3.8) is 0 Å². The first-order valence-electron chi connectivity index (χ1n) is 8.61. The zero-order valence-electron chi connectivity index (χ0n) is 15.0. The number of benzene rings is 2. The summed E-state index contributed by atoms with van der Waals surface area (Å²) in [6.45, 7) is 4.02. The molecule has 134 valence electrons. The largest absolute Gasteiger partial charge is 0.497 e. The summed E-state index contributed by atoms with van der Waals surface area (Å²) >= 11 is 0. The smallest absolute Gasteiger partial charge is 0.287 e. The zero-order valence-corrected chi connectivity index (χ0v) is 15.0. The molecule has 0 radical (unpaired) electrons. The van der Waals surface area contributed by atoms with Crippen molar-refractivity contribution in [1.29, 1.82) is 0 Å². The lowest BCUT2D eigenvalue weighted by molar-refractivity contribution is 0.0609. The molecule has 2 heterocycles. The molecule has 0 saturated carbocycles. The fraction of sp³-hybridized carbons (Fsp3) is 0.286. The molecule has 0 bridgehead atoms. The Kier molecular flexibility index (Phi) is 3.87. The number of methoxy groups -OCH3 is 1. The summed E-state index contributed by atoms with van der Waals surface area (Å²) in [7, 11) is 1.62. The summed E-state index contributed by atoms with van der Waals surface area (Å²) in [6.07, 6.45) is 0.665. The molecule has 0 unspecified atom stereocenters. The van der Waals surface area contributed by atoms with Crippen molar-refractivity contribution in [2.45, 2.75) is 31.9 Å². The zero-order chi connectivity index (χ0) is 18.3. The Balaban J connectivity index is 1.64. The van der Waals surface area contributed by atoms with E-state index in [9.17, 15) is 4.79 Å². The van der Waals surface area contributed by atoms with Crippen LogP contribution >= 0.6 is 0 Å². The molecule has 1 aliphatic rings. The molecule has 1 atom stereocenters. The summed E-state index contributed by atoms with van der Waals surface area (Å²) in [5.41, 5.74) is 1.25. The highest BCUT2D eigenvalue weighted by molar-refractivity contribution is 5.96. The van der Waals surface area contributed by atoms with Gasteiger partial charge in [-0.2, -0.15) is 0 Å². The molecule has 3 aromatic rings. The molecule has 0 spiro atoms. The topological polar surface area (TPSA) is 60.7 Å². The Bertz CT molecular complexity index is 940. The molecule has 1 N–H and O–H groups in total. The Morgan fingerprint density at radius 3 is 2.77 bits per heavy atom. The van der Waals surface area contributed by atoms with Gasteiger partial charge in [0.1, 0.15) is 22.7 Å². The fourth-order valence-corrected chi connectivity index (χ4v) is 3.41. The van der Waals surface area contributed by atoms with Crippen LogP contribution in [0, 0.1) is 0 Å². The van der Waals surface area contributed by atoms with E-state index in [4.69, 9.17) is 13.9 Å². The number of carbonyl (C=O) groups excluding carboxylic acids is 1. The van der Waals surface area contributed by atoms with Crippen molar-refractivity contribution in [2.24, 2.45) is 0 Å². The van der Waals surface area contributed by atoms with Gasteiger partial charge < -0.3 is 19.2 Å². The molecule has 0 saturated heterocycles. The Morgan fingerprint density at radius 2 is 2.00 bits per heavy atom. The maximum Gasteiger partial charge on any atom is 0.287 e. The van der Waals surface area contributed by atoms with Crippen molar-refractivity contribution in [3.05, 3.63) is 59.9 Å². The van der Waals surface area contributed by atoms with Crippen LogP contribution in [0.4, 0.5) is 0 Å². The highest BCUT2D eigenvalue weighted by Gasteiger charge is 2.35. The molecule has 1 amide bonds. The van der Waals surface area contributed by atoms with Gasteiger partial charge in [0.15, 0.2) is 5.76 Å². The van der Waals surface area contributed by atoms with Crippen LogP contribution in [0.1, 0.15) is 42.4 Å². The lowest BCUT2D eigenvalue weighted by Crippen LogP contribution is -2.41. The normalized spacial score (nSPS) is 18.0. The summed E-state index contributed by atoms with van der Waals surface area (Å²) < 4.78 is 17.0. The van der Waals surface area contributed by atoms with E-state index in [0.717, 1.165) is 22.4 Å². The number of rotatable bonds is 3. The van der Waals surface area contributed by atoms with E-state index in [0.29, 0.717) is 17.8 Å². The number of fused-ring (bicyclic) bond motifs is 2. The Hall–Kier alpha value is -2.95. The molecule has 1 aliphatic heterocycles. The quantitative estimate of drug-likeness (QED) is 0.756. The lowest BCUT2D eigenvalue weighted by atomic mass is 9.89. The lowest BCUT2D eigenvalue weighted by Gasteiger charge is -2.37. The van der Waals surface area contributed by atoms with Crippen molar-refractivity contribution in [1.82, 2.24) is 5.32 Å². The van der Waals surface area contributed by atoms with E-state index in [1.807, 2.05) is 56.3 Å². The van der Waals surface area contributed by atoms with Crippen LogP contribution < -0.4 is 14.8 Å². The van der Waals surface area contributed by atoms with Gasteiger partial charge in [0.25, 0.3) is 5.91 Å². The predicted molar refractivity (Wildman–Crippen MR) is 98.7 cm³/mol. The second kappa shape index (κ2) is 6.09. The van der Waals surface area contributed by atoms with Gasteiger partial charge >= 0.3 is 0 Å². The Morgan fingerprint density at radius 1 is 1.19 bits per heavy atom. The minimum Gasteiger partial charge on any atom is -0.497 e. The number of para-hydroxylation sites is 1. The van der Waals surface area contributed by atoms with E-state index in [1.165, 1.54) is 0 Å². The average Bonchev–Trinajstić information content (AvgIpc) is 3.04. The monoisotopic (exact) mass is 351 g/mol. The average molecular weight is 351 g/mol. The minimum absolute atomic E-state index is 0.166. The molecular formula is C21H21NO4. The van der Waals surface area contributed by atoms with Gasteiger partial charge in [-0.25, -0.2) is 0 Å². The molecule has 2 aromatic carbocycles. The number of furan rings is 1. The number of amides is 1.